The quantitative estimate of drug-likeness (QED) is 0.729. The maximum Gasteiger partial charge on any atom is 0.159 e. The van der Waals surface area contributed by atoms with Crippen LogP contribution in [0.3, 0.4) is 0 Å². The standard InChI is InChI=1S/C12H13NO/c1-9-4-2-3-5-11(9)12-8-10(14)6-7-13-12/h2-7,12-13H,8H2,1H3. The number of carbonyl (C=O) groups excluding carboxylic acids is 1. The summed E-state index contributed by atoms with van der Waals surface area (Å²) in [5.41, 5.74) is 2.44. The molecule has 0 amide bonds. The van der Waals surface area contributed by atoms with Gasteiger partial charge in [-0.3, -0.25) is 4.79 Å². The Morgan fingerprint density at radius 3 is 2.86 bits per heavy atom. The topological polar surface area (TPSA) is 29.1 Å². The zero-order chi connectivity index (χ0) is 9.97. The van der Waals surface area contributed by atoms with Gasteiger partial charge in [-0.2, -0.15) is 0 Å². The highest BCUT2D eigenvalue weighted by Gasteiger charge is 2.17. The van der Waals surface area contributed by atoms with Gasteiger partial charge in [-0.05, 0) is 24.1 Å². The summed E-state index contributed by atoms with van der Waals surface area (Å²) in [5.74, 6) is 0.192. The van der Waals surface area contributed by atoms with Crippen LogP contribution in [0.2, 0.25) is 0 Å². The minimum absolute atomic E-state index is 0.147. The Kier molecular flexibility index (Phi) is 2.35. The maximum atomic E-state index is 11.2. The summed E-state index contributed by atoms with van der Waals surface area (Å²) in [6, 6.07) is 8.31. The van der Waals surface area contributed by atoms with E-state index < -0.39 is 0 Å². The molecule has 1 heterocycles. The third-order valence-electron chi connectivity index (χ3n) is 2.54. The number of allylic oxidation sites excluding steroid dienone is 1. The molecular weight excluding hydrogens is 174 g/mol. The fraction of sp³-hybridized carbons (Fsp3) is 0.250. The number of rotatable bonds is 1. The van der Waals surface area contributed by atoms with Crippen LogP contribution in [0.25, 0.3) is 0 Å². The van der Waals surface area contributed by atoms with Crippen molar-refractivity contribution < 1.29 is 4.79 Å². The lowest BCUT2D eigenvalue weighted by Gasteiger charge is -2.21. The lowest BCUT2D eigenvalue weighted by molar-refractivity contribution is -0.115. The van der Waals surface area contributed by atoms with E-state index in [0.717, 1.165) is 0 Å². The van der Waals surface area contributed by atoms with Crippen LogP contribution >= 0.6 is 0 Å². The van der Waals surface area contributed by atoms with Crippen LogP contribution in [0.5, 0.6) is 0 Å². The maximum absolute atomic E-state index is 11.2. The van der Waals surface area contributed by atoms with Crippen LogP contribution < -0.4 is 5.32 Å². The van der Waals surface area contributed by atoms with Crippen molar-refractivity contribution in [3.8, 4) is 0 Å². The van der Waals surface area contributed by atoms with E-state index in [-0.39, 0.29) is 11.8 Å². The molecule has 1 unspecified atom stereocenters. The van der Waals surface area contributed by atoms with Gasteiger partial charge in [0, 0.05) is 12.6 Å². The Morgan fingerprint density at radius 2 is 2.14 bits per heavy atom. The van der Waals surface area contributed by atoms with Crippen LogP contribution in [-0.2, 0) is 4.79 Å². The number of ketones is 1. The Balaban J connectivity index is 2.28. The summed E-state index contributed by atoms with van der Waals surface area (Å²) >= 11 is 0. The van der Waals surface area contributed by atoms with Crippen molar-refractivity contribution in [1.29, 1.82) is 0 Å². The summed E-state index contributed by atoms with van der Waals surface area (Å²) in [5, 5.41) is 3.21. The van der Waals surface area contributed by atoms with E-state index in [9.17, 15) is 4.79 Å². The molecule has 0 fully saturated rings. The number of nitrogens with one attached hydrogen (secondary N) is 1. The van der Waals surface area contributed by atoms with Crippen molar-refractivity contribution in [2.75, 3.05) is 0 Å². The first-order chi connectivity index (χ1) is 6.77. The normalized spacial score (nSPS) is 20.6. The van der Waals surface area contributed by atoms with Gasteiger partial charge >= 0.3 is 0 Å². The molecule has 1 N–H and O–H groups in total. The zero-order valence-electron chi connectivity index (χ0n) is 8.16. The second-order valence-electron chi connectivity index (χ2n) is 3.58. The van der Waals surface area contributed by atoms with Gasteiger partial charge in [-0.1, -0.05) is 24.3 Å². The van der Waals surface area contributed by atoms with Crippen LogP contribution in [0.1, 0.15) is 23.6 Å². The van der Waals surface area contributed by atoms with E-state index in [4.69, 9.17) is 0 Å². The fourth-order valence-corrected chi connectivity index (χ4v) is 1.76. The molecule has 1 aromatic carbocycles. The minimum atomic E-state index is 0.147. The SMILES string of the molecule is Cc1ccccc1C1CC(=O)C=CN1. The van der Waals surface area contributed by atoms with Crippen LogP contribution in [0.15, 0.2) is 36.5 Å². The van der Waals surface area contributed by atoms with E-state index in [1.807, 2.05) is 12.1 Å². The summed E-state index contributed by atoms with van der Waals surface area (Å²) in [7, 11) is 0. The van der Waals surface area contributed by atoms with E-state index in [1.165, 1.54) is 11.1 Å². The Labute approximate surface area is 83.6 Å². The highest BCUT2D eigenvalue weighted by molar-refractivity contribution is 5.90. The van der Waals surface area contributed by atoms with Crippen molar-refractivity contribution in [2.45, 2.75) is 19.4 Å². The molecule has 0 saturated carbocycles. The van der Waals surface area contributed by atoms with Gasteiger partial charge in [0.25, 0.3) is 0 Å². The molecule has 0 aliphatic carbocycles. The fourth-order valence-electron chi connectivity index (χ4n) is 1.76. The third kappa shape index (κ3) is 1.69. The number of hydrogen-bond acceptors (Lipinski definition) is 2. The van der Waals surface area contributed by atoms with Crippen molar-refractivity contribution in [2.24, 2.45) is 0 Å². The zero-order valence-corrected chi connectivity index (χ0v) is 8.16. The van der Waals surface area contributed by atoms with Gasteiger partial charge in [-0.15, -0.1) is 0 Å². The molecule has 72 valence electrons. The number of aryl methyl sites for hydroxylation is 1. The lowest BCUT2D eigenvalue weighted by atomic mass is 9.96. The molecule has 0 spiro atoms. The van der Waals surface area contributed by atoms with Crippen molar-refractivity contribution >= 4 is 5.78 Å². The molecule has 1 aromatic rings. The molecule has 1 aliphatic rings. The average molecular weight is 187 g/mol. The molecule has 2 rings (SSSR count). The molecule has 1 atom stereocenters. The van der Waals surface area contributed by atoms with Gasteiger partial charge < -0.3 is 5.32 Å². The minimum Gasteiger partial charge on any atom is -0.384 e. The third-order valence-corrected chi connectivity index (χ3v) is 2.54. The predicted octanol–water partition coefficient (Wildman–Crippen LogP) is 2.11. The molecular formula is C12H13NO. The van der Waals surface area contributed by atoms with Crippen molar-refractivity contribution in [3.63, 3.8) is 0 Å². The van der Waals surface area contributed by atoms with Gasteiger partial charge in [0.2, 0.25) is 0 Å². The van der Waals surface area contributed by atoms with E-state index in [1.54, 1.807) is 12.3 Å². The molecule has 0 radical (unpaired) electrons. The Bertz CT molecular complexity index is 382. The second-order valence-corrected chi connectivity index (χ2v) is 3.58. The van der Waals surface area contributed by atoms with Crippen molar-refractivity contribution in [3.05, 3.63) is 47.7 Å². The van der Waals surface area contributed by atoms with Crippen LogP contribution in [0, 0.1) is 6.92 Å². The largest absolute Gasteiger partial charge is 0.384 e. The molecule has 2 nitrogen and oxygen atoms in total. The van der Waals surface area contributed by atoms with Crippen LogP contribution in [0.4, 0.5) is 0 Å². The van der Waals surface area contributed by atoms with Crippen LogP contribution in [-0.4, -0.2) is 5.78 Å². The summed E-state index contributed by atoms with van der Waals surface area (Å²) in [4.78, 5) is 11.2. The summed E-state index contributed by atoms with van der Waals surface area (Å²) in [6.07, 6.45) is 3.89. The first-order valence-corrected chi connectivity index (χ1v) is 4.78. The van der Waals surface area contributed by atoms with E-state index >= 15 is 0 Å². The Morgan fingerprint density at radius 1 is 1.36 bits per heavy atom. The molecule has 0 saturated heterocycles. The summed E-state index contributed by atoms with van der Waals surface area (Å²) in [6.45, 7) is 2.07. The highest BCUT2D eigenvalue weighted by Crippen LogP contribution is 2.22. The Hall–Kier alpha value is -1.57. The number of carbonyl (C=O) groups is 1. The van der Waals surface area contributed by atoms with Gasteiger partial charge in [0.05, 0.1) is 6.04 Å². The first-order valence-electron chi connectivity index (χ1n) is 4.78. The van der Waals surface area contributed by atoms with Crippen molar-refractivity contribution in [1.82, 2.24) is 5.32 Å². The highest BCUT2D eigenvalue weighted by atomic mass is 16.1. The monoisotopic (exact) mass is 187 g/mol. The van der Waals surface area contributed by atoms with Gasteiger partial charge in [-0.25, -0.2) is 0 Å². The number of hydrogen-bond donors (Lipinski definition) is 1. The molecule has 14 heavy (non-hydrogen) atoms. The van der Waals surface area contributed by atoms with Gasteiger partial charge in [0.15, 0.2) is 5.78 Å². The molecule has 2 heteroatoms. The predicted molar refractivity (Wildman–Crippen MR) is 55.8 cm³/mol. The average Bonchev–Trinajstić information content (AvgIpc) is 2.18. The van der Waals surface area contributed by atoms with Gasteiger partial charge in [0.1, 0.15) is 0 Å². The van der Waals surface area contributed by atoms with E-state index in [0.29, 0.717) is 6.42 Å². The molecule has 0 bridgehead atoms. The number of benzene rings is 1. The summed E-state index contributed by atoms with van der Waals surface area (Å²) < 4.78 is 0. The second kappa shape index (κ2) is 3.66. The first kappa shape index (κ1) is 9.00. The molecule has 1 aliphatic heterocycles. The molecule has 0 aromatic heterocycles. The van der Waals surface area contributed by atoms with E-state index in [2.05, 4.69) is 24.4 Å². The lowest BCUT2D eigenvalue weighted by Crippen LogP contribution is -2.23. The smallest absolute Gasteiger partial charge is 0.159 e.